The summed E-state index contributed by atoms with van der Waals surface area (Å²) in [6.07, 6.45) is 5.49. The maximum atomic E-state index is 2.50. The predicted octanol–water partition coefficient (Wildman–Crippen LogP) is 3.93. The lowest BCUT2D eigenvalue weighted by atomic mass is 9.93. The van der Waals surface area contributed by atoms with E-state index in [0.717, 1.165) is 17.8 Å². The van der Waals surface area contributed by atoms with E-state index in [4.69, 9.17) is 0 Å². The molecule has 0 nitrogen and oxygen atoms in total. The zero-order chi connectivity index (χ0) is 10.4. The van der Waals surface area contributed by atoms with Crippen LogP contribution in [-0.4, -0.2) is 0 Å². The third-order valence-corrected chi connectivity index (χ3v) is 4.19. The first-order valence-electron chi connectivity index (χ1n) is 6.35. The third-order valence-electron chi connectivity index (χ3n) is 4.19. The molecule has 1 unspecified atom stereocenters. The van der Waals surface area contributed by atoms with Gasteiger partial charge in [0.2, 0.25) is 0 Å². The molecule has 1 aromatic carbocycles. The van der Waals surface area contributed by atoms with E-state index >= 15 is 0 Å². The molecule has 0 bridgehead atoms. The van der Waals surface area contributed by atoms with Crippen molar-refractivity contribution in [3.05, 3.63) is 34.9 Å². The molecule has 3 rings (SSSR count). The van der Waals surface area contributed by atoms with Crippen molar-refractivity contribution in [1.29, 1.82) is 0 Å². The summed E-state index contributed by atoms with van der Waals surface area (Å²) in [6, 6.07) is 7.26. The van der Waals surface area contributed by atoms with Crippen LogP contribution in [-0.2, 0) is 12.8 Å². The van der Waals surface area contributed by atoms with Gasteiger partial charge in [0.15, 0.2) is 0 Å². The number of fused-ring (bicyclic) bond motifs is 1. The van der Waals surface area contributed by atoms with Gasteiger partial charge in [-0.3, -0.25) is 0 Å². The molecule has 80 valence electrons. The first-order chi connectivity index (χ1) is 7.24. The molecule has 1 saturated carbocycles. The smallest absolute Gasteiger partial charge is 0.0161 e. The normalized spacial score (nSPS) is 24.6. The molecule has 0 heterocycles. The summed E-state index contributed by atoms with van der Waals surface area (Å²) < 4.78 is 0. The Morgan fingerprint density at radius 1 is 1.07 bits per heavy atom. The zero-order valence-electron chi connectivity index (χ0n) is 9.79. The molecular weight excluding hydrogens is 180 g/mol. The fourth-order valence-electron chi connectivity index (χ4n) is 2.81. The van der Waals surface area contributed by atoms with Gasteiger partial charge in [0.1, 0.15) is 0 Å². The molecule has 0 aliphatic heterocycles. The van der Waals surface area contributed by atoms with Crippen LogP contribution in [0, 0.1) is 11.8 Å². The number of rotatable bonds is 2. The van der Waals surface area contributed by atoms with Crippen LogP contribution in [0.25, 0.3) is 0 Å². The lowest BCUT2D eigenvalue weighted by Crippen LogP contribution is -2.07. The Morgan fingerprint density at radius 2 is 1.80 bits per heavy atom. The van der Waals surface area contributed by atoms with Gasteiger partial charge in [-0.2, -0.15) is 0 Å². The van der Waals surface area contributed by atoms with Crippen molar-refractivity contribution in [3.63, 3.8) is 0 Å². The Labute approximate surface area is 92.7 Å². The van der Waals surface area contributed by atoms with E-state index in [1.807, 2.05) is 0 Å². The molecule has 0 saturated heterocycles. The molecule has 0 aromatic heterocycles. The van der Waals surface area contributed by atoms with Crippen molar-refractivity contribution in [2.45, 2.75) is 45.4 Å². The van der Waals surface area contributed by atoms with Crippen LogP contribution in [0.2, 0.25) is 0 Å². The summed E-state index contributed by atoms with van der Waals surface area (Å²) in [7, 11) is 0. The minimum atomic E-state index is 0.835. The lowest BCUT2D eigenvalue weighted by molar-refractivity contribution is 0.404. The van der Waals surface area contributed by atoms with Crippen LogP contribution in [0.1, 0.15) is 49.3 Å². The first kappa shape index (κ1) is 9.45. The Morgan fingerprint density at radius 3 is 2.47 bits per heavy atom. The molecule has 2 aliphatic rings. The monoisotopic (exact) mass is 200 g/mol. The topological polar surface area (TPSA) is 0 Å². The summed E-state index contributed by atoms with van der Waals surface area (Å²) in [5, 5.41) is 0. The fourth-order valence-corrected chi connectivity index (χ4v) is 2.81. The summed E-state index contributed by atoms with van der Waals surface area (Å²) >= 11 is 0. The minimum absolute atomic E-state index is 0.835. The van der Waals surface area contributed by atoms with Crippen LogP contribution in [0.3, 0.4) is 0 Å². The second-order valence-corrected chi connectivity index (χ2v) is 5.71. The summed E-state index contributed by atoms with van der Waals surface area (Å²) in [5.74, 6) is 2.64. The zero-order valence-corrected chi connectivity index (χ0v) is 9.79. The average Bonchev–Trinajstić information content (AvgIpc) is 2.96. The molecule has 15 heavy (non-hydrogen) atoms. The van der Waals surface area contributed by atoms with E-state index in [2.05, 4.69) is 32.0 Å². The van der Waals surface area contributed by atoms with Crippen molar-refractivity contribution in [3.8, 4) is 0 Å². The maximum absolute atomic E-state index is 2.50. The quantitative estimate of drug-likeness (QED) is 0.678. The number of hydrogen-bond donors (Lipinski definition) is 0. The van der Waals surface area contributed by atoms with E-state index in [0.29, 0.717) is 0 Å². The molecule has 1 atom stereocenters. The van der Waals surface area contributed by atoms with E-state index in [1.165, 1.54) is 25.7 Å². The number of hydrogen-bond acceptors (Lipinski definition) is 0. The van der Waals surface area contributed by atoms with Gasteiger partial charge < -0.3 is 0 Å². The van der Waals surface area contributed by atoms with Crippen molar-refractivity contribution in [2.24, 2.45) is 11.8 Å². The average molecular weight is 200 g/mol. The van der Waals surface area contributed by atoms with Crippen molar-refractivity contribution >= 4 is 0 Å². The highest BCUT2D eigenvalue weighted by Crippen LogP contribution is 2.42. The van der Waals surface area contributed by atoms with Crippen LogP contribution >= 0.6 is 0 Å². The highest BCUT2D eigenvalue weighted by Gasteiger charge is 2.27. The van der Waals surface area contributed by atoms with Gasteiger partial charge in [-0.15, -0.1) is 0 Å². The van der Waals surface area contributed by atoms with Crippen molar-refractivity contribution < 1.29 is 0 Å². The first-order valence-corrected chi connectivity index (χ1v) is 6.35. The largest absolute Gasteiger partial charge is 0.0625 e. The van der Waals surface area contributed by atoms with E-state index in [1.54, 1.807) is 16.7 Å². The molecule has 0 spiro atoms. The third kappa shape index (κ3) is 1.71. The Balaban J connectivity index is 1.86. The molecule has 0 radical (unpaired) electrons. The van der Waals surface area contributed by atoms with E-state index < -0.39 is 0 Å². The summed E-state index contributed by atoms with van der Waals surface area (Å²) in [6.45, 7) is 4.72. The van der Waals surface area contributed by atoms with Crippen molar-refractivity contribution in [1.82, 2.24) is 0 Å². The van der Waals surface area contributed by atoms with Gasteiger partial charge in [-0.1, -0.05) is 32.0 Å². The van der Waals surface area contributed by atoms with Gasteiger partial charge in [0.25, 0.3) is 0 Å². The second kappa shape index (κ2) is 3.37. The Kier molecular flexibility index (Phi) is 2.12. The summed E-state index contributed by atoms with van der Waals surface area (Å²) in [4.78, 5) is 0. The molecule has 1 aromatic rings. The van der Waals surface area contributed by atoms with Crippen LogP contribution < -0.4 is 0 Å². The molecule has 2 aliphatic carbocycles. The maximum Gasteiger partial charge on any atom is -0.0161 e. The van der Waals surface area contributed by atoms with Crippen molar-refractivity contribution in [2.75, 3.05) is 0 Å². The minimum Gasteiger partial charge on any atom is -0.0625 e. The SMILES string of the molecule is CC(C)C1Cc2ccc(C3CC3)cc2C1. The van der Waals surface area contributed by atoms with Crippen LogP contribution in [0.4, 0.5) is 0 Å². The standard InChI is InChI=1S/C15H20/c1-10(2)14-7-13-6-5-12(11-3-4-11)8-15(13)9-14/h5-6,8,10-11,14H,3-4,7,9H2,1-2H3. The fraction of sp³-hybridized carbons (Fsp3) is 0.600. The predicted molar refractivity (Wildman–Crippen MR) is 64.2 cm³/mol. The van der Waals surface area contributed by atoms with Gasteiger partial charge in [0, 0.05) is 0 Å². The van der Waals surface area contributed by atoms with Crippen LogP contribution in [0.15, 0.2) is 18.2 Å². The highest BCUT2D eigenvalue weighted by atomic mass is 14.3. The van der Waals surface area contributed by atoms with E-state index in [9.17, 15) is 0 Å². The Bertz CT molecular complexity index is 372. The number of benzene rings is 1. The molecule has 0 N–H and O–H groups in total. The lowest BCUT2D eigenvalue weighted by Gasteiger charge is -2.12. The van der Waals surface area contributed by atoms with Crippen LogP contribution in [0.5, 0.6) is 0 Å². The highest BCUT2D eigenvalue weighted by molar-refractivity contribution is 5.38. The molecule has 1 fully saturated rings. The van der Waals surface area contributed by atoms with Gasteiger partial charge in [-0.05, 0) is 60.1 Å². The summed E-state index contributed by atoms with van der Waals surface area (Å²) in [5.41, 5.74) is 4.88. The second-order valence-electron chi connectivity index (χ2n) is 5.71. The molecular formula is C15H20. The van der Waals surface area contributed by atoms with Gasteiger partial charge in [-0.25, -0.2) is 0 Å². The molecule has 0 heteroatoms. The van der Waals surface area contributed by atoms with Gasteiger partial charge >= 0.3 is 0 Å². The Hall–Kier alpha value is -0.780. The van der Waals surface area contributed by atoms with Gasteiger partial charge in [0.05, 0.1) is 0 Å². The molecule has 0 amide bonds. The van der Waals surface area contributed by atoms with E-state index in [-0.39, 0.29) is 0 Å².